The van der Waals surface area contributed by atoms with Gasteiger partial charge in [0, 0.05) is 23.5 Å². The van der Waals surface area contributed by atoms with Crippen LogP contribution >= 0.6 is 34.5 Å². The third-order valence-electron chi connectivity index (χ3n) is 4.18. The van der Waals surface area contributed by atoms with Gasteiger partial charge in [0.15, 0.2) is 0 Å². The van der Waals surface area contributed by atoms with E-state index in [-0.39, 0.29) is 22.4 Å². The van der Waals surface area contributed by atoms with Gasteiger partial charge < -0.3 is 5.32 Å². The largest absolute Gasteiger partial charge is 0.351 e. The molecular formula is C19H25Cl2N3O3S2. The van der Waals surface area contributed by atoms with Crippen LogP contribution in [0.5, 0.6) is 0 Å². The maximum atomic E-state index is 13.2. The highest BCUT2D eigenvalue weighted by Crippen LogP contribution is 2.29. The Labute approximate surface area is 186 Å². The van der Waals surface area contributed by atoms with Crippen LogP contribution in [0.25, 0.3) is 0 Å². The van der Waals surface area contributed by atoms with Crippen molar-refractivity contribution in [2.75, 3.05) is 13.1 Å². The molecule has 0 aliphatic carbocycles. The molecule has 0 saturated carbocycles. The lowest BCUT2D eigenvalue weighted by Gasteiger charge is -2.21. The Hall–Kier alpha value is -1.19. The fraction of sp³-hybridized carbons (Fsp3) is 0.474. The standard InChI is InChI=1S/C19H25Cl2N3O3S2/c1-3-5-9-22-19(25)16-13-28-18(23-16)12-24(10-6-4-2)29(26,27)17-11-14(20)7-8-15(17)21/h7-8,11,13H,3-6,9-10,12H2,1-2H3,(H,22,25). The van der Waals surface area contributed by atoms with E-state index in [1.807, 2.05) is 13.8 Å². The number of unbranched alkanes of at least 4 members (excludes halogenated alkanes) is 2. The number of carbonyl (C=O) groups excluding carboxylic acids is 1. The van der Waals surface area contributed by atoms with Crippen LogP contribution in [0.1, 0.15) is 55.0 Å². The molecule has 0 bridgehead atoms. The van der Waals surface area contributed by atoms with Gasteiger partial charge in [0.2, 0.25) is 10.0 Å². The van der Waals surface area contributed by atoms with E-state index in [0.717, 1.165) is 19.3 Å². The van der Waals surface area contributed by atoms with Crippen LogP contribution in [0, 0.1) is 0 Å². The molecular weight excluding hydrogens is 453 g/mol. The third kappa shape index (κ3) is 6.65. The Kier molecular flexibility index (Phi) is 9.36. The van der Waals surface area contributed by atoms with Crippen LogP contribution in [-0.4, -0.2) is 36.7 Å². The minimum Gasteiger partial charge on any atom is -0.351 e. The summed E-state index contributed by atoms with van der Waals surface area (Å²) in [4.78, 5) is 16.5. The molecule has 0 atom stereocenters. The van der Waals surface area contributed by atoms with Gasteiger partial charge in [0.25, 0.3) is 5.91 Å². The first kappa shape index (κ1) is 24.1. The number of benzene rings is 1. The highest BCUT2D eigenvalue weighted by atomic mass is 35.5. The second-order valence-electron chi connectivity index (χ2n) is 6.50. The van der Waals surface area contributed by atoms with Crippen LogP contribution in [0.15, 0.2) is 28.5 Å². The van der Waals surface area contributed by atoms with Gasteiger partial charge >= 0.3 is 0 Å². The molecule has 2 aromatic rings. The summed E-state index contributed by atoms with van der Waals surface area (Å²) in [5.41, 5.74) is 0.301. The molecule has 0 aliphatic heterocycles. The third-order valence-corrected chi connectivity index (χ3v) is 7.58. The fourth-order valence-electron chi connectivity index (χ4n) is 2.54. The average molecular weight is 478 g/mol. The monoisotopic (exact) mass is 477 g/mol. The molecule has 0 aliphatic rings. The SMILES string of the molecule is CCCCNC(=O)c1csc(CN(CCCC)S(=O)(=O)c2cc(Cl)ccc2Cl)n1. The van der Waals surface area contributed by atoms with E-state index < -0.39 is 10.0 Å². The number of amides is 1. The topological polar surface area (TPSA) is 79.4 Å². The van der Waals surface area contributed by atoms with Crippen molar-refractivity contribution in [2.24, 2.45) is 0 Å². The van der Waals surface area contributed by atoms with Gasteiger partial charge in [-0.3, -0.25) is 4.79 Å². The molecule has 1 aromatic carbocycles. The number of sulfonamides is 1. The maximum absolute atomic E-state index is 13.2. The van der Waals surface area contributed by atoms with Crippen molar-refractivity contribution >= 4 is 50.5 Å². The van der Waals surface area contributed by atoms with Crippen LogP contribution in [-0.2, 0) is 16.6 Å². The molecule has 29 heavy (non-hydrogen) atoms. The molecule has 1 heterocycles. The number of nitrogens with one attached hydrogen (secondary N) is 1. The van der Waals surface area contributed by atoms with Crippen LogP contribution in [0.3, 0.4) is 0 Å². The smallest absolute Gasteiger partial charge is 0.270 e. The number of nitrogens with zero attached hydrogens (tertiary/aromatic N) is 2. The molecule has 0 spiro atoms. The summed E-state index contributed by atoms with van der Waals surface area (Å²) >= 11 is 13.4. The molecule has 0 unspecified atom stereocenters. The first-order valence-electron chi connectivity index (χ1n) is 9.47. The molecule has 160 valence electrons. The zero-order chi connectivity index (χ0) is 21.4. The summed E-state index contributed by atoms with van der Waals surface area (Å²) in [5, 5.41) is 5.41. The summed E-state index contributed by atoms with van der Waals surface area (Å²) < 4.78 is 27.8. The summed E-state index contributed by atoms with van der Waals surface area (Å²) in [6.07, 6.45) is 3.40. The molecule has 1 amide bonds. The zero-order valence-corrected chi connectivity index (χ0v) is 19.6. The molecule has 10 heteroatoms. The van der Waals surface area contributed by atoms with E-state index in [0.29, 0.717) is 35.2 Å². The van der Waals surface area contributed by atoms with E-state index in [4.69, 9.17) is 23.2 Å². The van der Waals surface area contributed by atoms with Crippen molar-refractivity contribution in [2.45, 2.75) is 51.0 Å². The molecule has 0 saturated heterocycles. The van der Waals surface area contributed by atoms with E-state index >= 15 is 0 Å². The van der Waals surface area contributed by atoms with Crippen molar-refractivity contribution < 1.29 is 13.2 Å². The van der Waals surface area contributed by atoms with E-state index in [2.05, 4.69) is 10.3 Å². The van der Waals surface area contributed by atoms with Crippen molar-refractivity contribution in [1.82, 2.24) is 14.6 Å². The van der Waals surface area contributed by atoms with Crippen LogP contribution in [0.4, 0.5) is 0 Å². The Morgan fingerprint density at radius 3 is 2.62 bits per heavy atom. The average Bonchev–Trinajstić information content (AvgIpc) is 3.15. The number of hydrogen-bond donors (Lipinski definition) is 1. The van der Waals surface area contributed by atoms with E-state index in [1.54, 1.807) is 11.4 Å². The predicted octanol–water partition coefficient (Wildman–Crippen LogP) is 4.97. The lowest BCUT2D eigenvalue weighted by atomic mass is 10.3. The first-order chi connectivity index (χ1) is 13.8. The van der Waals surface area contributed by atoms with Gasteiger partial charge in [-0.15, -0.1) is 11.3 Å². The quantitative estimate of drug-likeness (QED) is 0.463. The van der Waals surface area contributed by atoms with Gasteiger partial charge in [0.1, 0.15) is 15.6 Å². The second-order valence-corrected chi connectivity index (χ2v) is 10.2. The van der Waals surface area contributed by atoms with E-state index in [9.17, 15) is 13.2 Å². The minimum absolute atomic E-state index is 0.0307. The lowest BCUT2D eigenvalue weighted by Crippen LogP contribution is -2.32. The number of thiazole rings is 1. The van der Waals surface area contributed by atoms with Crippen LogP contribution < -0.4 is 5.32 Å². The lowest BCUT2D eigenvalue weighted by molar-refractivity contribution is 0.0948. The molecule has 2 rings (SSSR count). The van der Waals surface area contributed by atoms with Gasteiger partial charge in [0.05, 0.1) is 11.6 Å². The highest BCUT2D eigenvalue weighted by Gasteiger charge is 2.28. The minimum atomic E-state index is -3.87. The highest BCUT2D eigenvalue weighted by molar-refractivity contribution is 7.89. The number of carbonyl (C=O) groups is 1. The fourth-order valence-corrected chi connectivity index (χ4v) is 5.59. The van der Waals surface area contributed by atoms with Gasteiger partial charge in [-0.2, -0.15) is 4.31 Å². The number of hydrogen-bond acceptors (Lipinski definition) is 5. The Morgan fingerprint density at radius 2 is 1.93 bits per heavy atom. The summed E-state index contributed by atoms with van der Waals surface area (Å²) in [6, 6.07) is 4.37. The zero-order valence-electron chi connectivity index (χ0n) is 16.5. The normalized spacial score (nSPS) is 11.8. The Balaban J connectivity index is 2.23. The predicted molar refractivity (Wildman–Crippen MR) is 118 cm³/mol. The first-order valence-corrected chi connectivity index (χ1v) is 12.5. The van der Waals surface area contributed by atoms with Gasteiger partial charge in [-0.1, -0.05) is 49.9 Å². The Bertz CT molecular complexity index is 933. The van der Waals surface area contributed by atoms with E-state index in [1.165, 1.54) is 27.8 Å². The van der Waals surface area contributed by atoms with Gasteiger partial charge in [-0.05, 0) is 31.0 Å². The van der Waals surface area contributed by atoms with Crippen molar-refractivity contribution in [1.29, 1.82) is 0 Å². The number of rotatable bonds is 11. The van der Waals surface area contributed by atoms with Crippen molar-refractivity contribution in [3.05, 3.63) is 44.3 Å². The summed E-state index contributed by atoms with van der Waals surface area (Å²) in [5.74, 6) is -0.248. The maximum Gasteiger partial charge on any atom is 0.270 e. The summed E-state index contributed by atoms with van der Waals surface area (Å²) in [6.45, 7) is 5.01. The second kappa shape index (κ2) is 11.3. The van der Waals surface area contributed by atoms with Gasteiger partial charge in [-0.25, -0.2) is 13.4 Å². The van der Waals surface area contributed by atoms with Crippen molar-refractivity contribution in [3.63, 3.8) is 0 Å². The molecule has 1 N–H and O–H groups in total. The molecule has 6 nitrogen and oxygen atoms in total. The summed E-state index contributed by atoms with van der Waals surface area (Å²) in [7, 11) is -3.87. The molecule has 0 fully saturated rings. The molecule has 0 radical (unpaired) electrons. The number of halogens is 2. The Morgan fingerprint density at radius 1 is 1.21 bits per heavy atom. The van der Waals surface area contributed by atoms with Crippen LogP contribution in [0.2, 0.25) is 10.0 Å². The van der Waals surface area contributed by atoms with Crippen molar-refractivity contribution in [3.8, 4) is 0 Å². The number of aromatic nitrogens is 1. The molecule has 1 aromatic heterocycles.